The molecule has 0 amide bonds. The highest BCUT2D eigenvalue weighted by atomic mass is 14.9. The summed E-state index contributed by atoms with van der Waals surface area (Å²) in [5.74, 6) is 0. The van der Waals surface area contributed by atoms with E-state index >= 15 is 0 Å². The third kappa shape index (κ3) is 3.65. The van der Waals surface area contributed by atoms with E-state index in [4.69, 9.17) is 0 Å². The average molecular weight is 206 g/mol. The fourth-order valence-corrected chi connectivity index (χ4v) is 1.92. The van der Waals surface area contributed by atoms with Crippen LogP contribution in [-0.2, 0) is 6.54 Å². The minimum Gasteiger partial charge on any atom is -0.318 e. The molecule has 0 saturated heterocycles. The Labute approximate surface area is 93.1 Å². The van der Waals surface area contributed by atoms with Crippen LogP contribution in [0.1, 0.15) is 22.3 Å². The summed E-state index contributed by atoms with van der Waals surface area (Å²) in [6.07, 6.45) is 0. The van der Waals surface area contributed by atoms with Gasteiger partial charge in [0, 0.05) is 19.6 Å². The summed E-state index contributed by atoms with van der Waals surface area (Å²) in [7, 11) is 1.98. The summed E-state index contributed by atoms with van der Waals surface area (Å²) in [6.45, 7) is 9.54. The molecule has 1 aromatic carbocycles. The van der Waals surface area contributed by atoms with Gasteiger partial charge in [-0.2, -0.15) is 0 Å². The molecular weight excluding hydrogens is 184 g/mol. The Kier molecular flexibility index (Phi) is 4.79. The molecule has 1 rings (SSSR count). The van der Waals surface area contributed by atoms with Gasteiger partial charge in [0.1, 0.15) is 0 Å². The minimum absolute atomic E-state index is 0.972. The van der Waals surface area contributed by atoms with E-state index in [9.17, 15) is 0 Å². The van der Waals surface area contributed by atoms with Gasteiger partial charge in [0.25, 0.3) is 0 Å². The lowest BCUT2D eigenvalue weighted by molar-refractivity contribution is 0.647. The molecule has 15 heavy (non-hydrogen) atoms. The third-order valence-electron chi connectivity index (χ3n) is 2.69. The Morgan fingerprint density at radius 2 is 1.60 bits per heavy atom. The van der Waals surface area contributed by atoms with Crippen molar-refractivity contribution in [2.24, 2.45) is 0 Å². The second kappa shape index (κ2) is 5.89. The highest BCUT2D eigenvalue weighted by Crippen LogP contribution is 2.15. The van der Waals surface area contributed by atoms with Gasteiger partial charge in [-0.1, -0.05) is 17.7 Å². The van der Waals surface area contributed by atoms with Crippen LogP contribution < -0.4 is 10.6 Å². The van der Waals surface area contributed by atoms with Crippen LogP contribution in [-0.4, -0.2) is 20.1 Å². The van der Waals surface area contributed by atoms with Gasteiger partial charge in [-0.3, -0.25) is 0 Å². The first-order valence-electron chi connectivity index (χ1n) is 5.57. The monoisotopic (exact) mass is 206 g/mol. The predicted octanol–water partition coefficient (Wildman–Crippen LogP) is 1.92. The van der Waals surface area contributed by atoms with Crippen LogP contribution in [0.2, 0.25) is 0 Å². The quantitative estimate of drug-likeness (QED) is 0.719. The molecule has 0 fully saturated rings. The van der Waals surface area contributed by atoms with Crippen LogP contribution in [0.3, 0.4) is 0 Å². The van der Waals surface area contributed by atoms with Crippen molar-refractivity contribution in [1.82, 2.24) is 10.6 Å². The van der Waals surface area contributed by atoms with Crippen LogP contribution in [0.25, 0.3) is 0 Å². The highest BCUT2D eigenvalue weighted by Gasteiger charge is 2.02. The molecule has 0 radical (unpaired) electrons. The first kappa shape index (κ1) is 12.2. The van der Waals surface area contributed by atoms with Gasteiger partial charge in [-0.15, -0.1) is 0 Å². The number of rotatable bonds is 5. The largest absolute Gasteiger partial charge is 0.318 e. The second-order valence-corrected chi connectivity index (χ2v) is 4.16. The Morgan fingerprint density at radius 3 is 2.13 bits per heavy atom. The van der Waals surface area contributed by atoms with E-state index in [1.165, 1.54) is 22.3 Å². The summed E-state index contributed by atoms with van der Waals surface area (Å²) in [4.78, 5) is 0. The van der Waals surface area contributed by atoms with Gasteiger partial charge in [0.15, 0.2) is 0 Å². The summed E-state index contributed by atoms with van der Waals surface area (Å²) >= 11 is 0. The van der Waals surface area contributed by atoms with Gasteiger partial charge < -0.3 is 10.6 Å². The van der Waals surface area contributed by atoms with Crippen molar-refractivity contribution in [2.45, 2.75) is 27.3 Å². The molecule has 84 valence electrons. The lowest BCUT2D eigenvalue weighted by Gasteiger charge is -2.12. The van der Waals surface area contributed by atoms with Gasteiger partial charge in [-0.25, -0.2) is 0 Å². The predicted molar refractivity (Wildman–Crippen MR) is 66.3 cm³/mol. The molecule has 0 aliphatic carbocycles. The average Bonchev–Trinajstić information content (AvgIpc) is 2.15. The number of nitrogens with one attached hydrogen (secondary N) is 2. The lowest BCUT2D eigenvalue weighted by Crippen LogP contribution is -2.25. The molecule has 0 bridgehead atoms. The molecule has 1 aromatic rings. The van der Waals surface area contributed by atoms with Crippen LogP contribution in [0, 0.1) is 20.8 Å². The Hall–Kier alpha value is -0.860. The minimum atomic E-state index is 0.972. The van der Waals surface area contributed by atoms with Crippen molar-refractivity contribution in [1.29, 1.82) is 0 Å². The van der Waals surface area contributed by atoms with E-state index in [1.54, 1.807) is 0 Å². The Bertz CT molecular complexity index is 295. The summed E-state index contributed by atoms with van der Waals surface area (Å²) in [5, 5.41) is 6.57. The molecule has 0 aliphatic heterocycles. The fourth-order valence-electron chi connectivity index (χ4n) is 1.92. The molecule has 0 spiro atoms. The zero-order chi connectivity index (χ0) is 11.3. The van der Waals surface area contributed by atoms with Crippen LogP contribution >= 0.6 is 0 Å². The fraction of sp³-hybridized carbons (Fsp3) is 0.538. The van der Waals surface area contributed by atoms with Crippen molar-refractivity contribution < 1.29 is 0 Å². The van der Waals surface area contributed by atoms with Gasteiger partial charge in [0.2, 0.25) is 0 Å². The lowest BCUT2D eigenvalue weighted by atomic mass is 10.00. The number of hydrogen-bond donors (Lipinski definition) is 2. The molecule has 0 aromatic heterocycles. The van der Waals surface area contributed by atoms with Crippen LogP contribution in [0.4, 0.5) is 0 Å². The van der Waals surface area contributed by atoms with Gasteiger partial charge in [-0.05, 0) is 44.5 Å². The first-order valence-corrected chi connectivity index (χ1v) is 5.57. The first-order chi connectivity index (χ1) is 7.15. The number of aryl methyl sites for hydroxylation is 3. The Morgan fingerprint density at radius 1 is 1.00 bits per heavy atom. The molecule has 0 atom stereocenters. The van der Waals surface area contributed by atoms with E-state index in [-0.39, 0.29) is 0 Å². The molecular formula is C13H22N2. The van der Waals surface area contributed by atoms with Gasteiger partial charge in [0.05, 0.1) is 0 Å². The molecule has 0 aliphatic rings. The molecule has 0 unspecified atom stereocenters. The van der Waals surface area contributed by atoms with E-state index in [1.807, 2.05) is 7.05 Å². The smallest absolute Gasteiger partial charge is 0.0211 e. The van der Waals surface area contributed by atoms with Crippen molar-refractivity contribution in [3.63, 3.8) is 0 Å². The van der Waals surface area contributed by atoms with Crippen molar-refractivity contribution >= 4 is 0 Å². The van der Waals surface area contributed by atoms with Crippen molar-refractivity contribution in [3.8, 4) is 0 Å². The number of hydrogen-bond acceptors (Lipinski definition) is 2. The van der Waals surface area contributed by atoms with Gasteiger partial charge >= 0.3 is 0 Å². The Balaban J connectivity index is 2.60. The van der Waals surface area contributed by atoms with E-state index in [0.717, 1.165) is 19.6 Å². The van der Waals surface area contributed by atoms with E-state index in [0.29, 0.717) is 0 Å². The highest BCUT2D eigenvalue weighted by molar-refractivity contribution is 5.37. The number of likely N-dealkylation sites (N-methyl/N-ethyl adjacent to an activating group) is 1. The third-order valence-corrected chi connectivity index (χ3v) is 2.69. The van der Waals surface area contributed by atoms with Crippen LogP contribution in [0.5, 0.6) is 0 Å². The molecule has 2 nitrogen and oxygen atoms in total. The maximum absolute atomic E-state index is 3.44. The maximum Gasteiger partial charge on any atom is 0.0211 e. The molecule has 0 saturated carbocycles. The maximum atomic E-state index is 3.44. The van der Waals surface area contributed by atoms with Crippen molar-refractivity contribution in [3.05, 3.63) is 34.4 Å². The molecule has 0 heterocycles. The standard InChI is InChI=1S/C13H22N2/c1-10-7-11(2)13(12(3)8-10)9-15-6-5-14-4/h7-8,14-15H,5-6,9H2,1-4H3. The normalized spacial score (nSPS) is 10.7. The summed E-state index contributed by atoms with van der Waals surface area (Å²) in [6, 6.07) is 4.50. The SMILES string of the molecule is CNCCNCc1c(C)cc(C)cc1C. The van der Waals surface area contributed by atoms with Crippen molar-refractivity contribution in [2.75, 3.05) is 20.1 Å². The molecule has 2 N–H and O–H groups in total. The van der Waals surface area contributed by atoms with E-state index in [2.05, 4.69) is 43.5 Å². The molecule has 2 heteroatoms. The van der Waals surface area contributed by atoms with Crippen LogP contribution in [0.15, 0.2) is 12.1 Å². The van der Waals surface area contributed by atoms with E-state index < -0.39 is 0 Å². The zero-order valence-corrected chi connectivity index (χ0v) is 10.3. The summed E-state index contributed by atoms with van der Waals surface area (Å²) < 4.78 is 0. The number of benzene rings is 1. The topological polar surface area (TPSA) is 24.1 Å². The second-order valence-electron chi connectivity index (χ2n) is 4.16. The summed E-state index contributed by atoms with van der Waals surface area (Å²) in [5.41, 5.74) is 5.58. The zero-order valence-electron chi connectivity index (χ0n) is 10.3.